The van der Waals surface area contributed by atoms with Crippen LogP contribution in [0.4, 0.5) is 13.2 Å². The number of benzene rings is 1. The highest BCUT2D eigenvalue weighted by atomic mass is 19.4. The van der Waals surface area contributed by atoms with Crippen molar-refractivity contribution in [1.82, 2.24) is 15.5 Å². The summed E-state index contributed by atoms with van der Waals surface area (Å²) in [6, 6.07) is 9.58. The van der Waals surface area contributed by atoms with Crippen LogP contribution in [-0.4, -0.2) is 33.7 Å². The molecular formula is C22H21F3N4O4. The van der Waals surface area contributed by atoms with Crippen LogP contribution in [0, 0.1) is 0 Å². The zero-order valence-electron chi connectivity index (χ0n) is 17.5. The van der Waals surface area contributed by atoms with Gasteiger partial charge < -0.3 is 14.6 Å². The first-order chi connectivity index (χ1) is 15.7. The number of hydrogen-bond donors (Lipinski definition) is 1. The molecule has 4 fully saturated rings. The Morgan fingerprint density at radius 3 is 2.42 bits per heavy atom. The summed E-state index contributed by atoms with van der Waals surface area (Å²) in [7, 11) is 0. The van der Waals surface area contributed by atoms with E-state index >= 15 is 0 Å². The van der Waals surface area contributed by atoms with Crippen LogP contribution in [0.2, 0.25) is 0 Å². The highest BCUT2D eigenvalue weighted by Crippen LogP contribution is 2.67. The lowest BCUT2D eigenvalue weighted by atomic mass is 9.39. The Hall–Kier alpha value is -2.95. The molecular weight excluding hydrogens is 441 g/mol. The lowest BCUT2D eigenvalue weighted by Gasteiger charge is -2.68. The SMILES string of the molecule is O=C(NC12CC(c3nnc(C4(OC(F)(F)F)CCC4)o3)(C1)C2)C1=NO[C@H](c2ccccc2)C1. The van der Waals surface area contributed by atoms with E-state index in [0.717, 1.165) is 5.56 Å². The highest BCUT2D eigenvalue weighted by molar-refractivity contribution is 6.39. The largest absolute Gasteiger partial charge is 0.523 e. The molecule has 1 aliphatic heterocycles. The van der Waals surface area contributed by atoms with Crippen LogP contribution in [0.5, 0.6) is 0 Å². The zero-order valence-corrected chi connectivity index (χ0v) is 17.5. The molecule has 174 valence electrons. The predicted molar refractivity (Wildman–Crippen MR) is 106 cm³/mol. The van der Waals surface area contributed by atoms with Gasteiger partial charge in [0.2, 0.25) is 11.8 Å². The van der Waals surface area contributed by atoms with E-state index in [-0.39, 0.29) is 36.3 Å². The first kappa shape index (κ1) is 20.6. The Kier molecular flexibility index (Phi) is 4.24. The number of carbonyl (C=O) groups is 1. The zero-order chi connectivity index (χ0) is 22.9. The third-order valence-electron chi connectivity index (χ3n) is 7.25. The van der Waals surface area contributed by atoms with E-state index in [1.165, 1.54) is 0 Å². The maximum absolute atomic E-state index is 12.8. The third kappa shape index (κ3) is 3.32. The summed E-state index contributed by atoms with van der Waals surface area (Å²) >= 11 is 0. The number of ether oxygens (including phenoxy) is 1. The van der Waals surface area contributed by atoms with E-state index in [4.69, 9.17) is 9.25 Å². The van der Waals surface area contributed by atoms with Gasteiger partial charge in [-0.3, -0.25) is 9.53 Å². The van der Waals surface area contributed by atoms with Crippen LogP contribution in [-0.2, 0) is 25.4 Å². The Morgan fingerprint density at radius 2 is 1.79 bits per heavy atom. The molecule has 1 N–H and O–H groups in total. The van der Waals surface area contributed by atoms with Crippen molar-refractivity contribution in [3.8, 4) is 0 Å². The van der Waals surface area contributed by atoms with E-state index in [1.54, 1.807) is 0 Å². The summed E-state index contributed by atoms with van der Waals surface area (Å²) in [5.74, 6) is -0.0652. The smallest absolute Gasteiger partial charge is 0.421 e. The van der Waals surface area contributed by atoms with Gasteiger partial charge in [-0.2, -0.15) is 0 Å². The van der Waals surface area contributed by atoms with Gasteiger partial charge in [-0.25, -0.2) is 0 Å². The number of aromatic nitrogens is 2. The number of nitrogens with one attached hydrogen (secondary N) is 1. The molecule has 0 spiro atoms. The summed E-state index contributed by atoms with van der Waals surface area (Å²) in [6.45, 7) is 0. The topological polar surface area (TPSA) is 98.8 Å². The van der Waals surface area contributed by atoms with Gasteiger partial charge in [-0.15, -0.1) is 23.4 Å². The Balaban J connectivity index is 1.07. The molecule has 4 aliphatic carbocycles. The van der Waals surface area contributed by atoms with Crippen molar-refractivity contribution in [1.29, 1.82) is 0 Å². The maximum atomic E-state index is 12.8. The van der Waals surface area contributed by atoms with Crippen LogP contribution in [0.3, 0.4) is 0 Å². The molecule has 1 atom stereocenters. The van der Waals surface area contributed by atoms with Crippen LogP contribution >= 0.6 is 0 Å². The molecule has 0 saturated heterocycles. The number of nitrogens with zero attached hydrogens (tertiary/aromatic N) is 3. The van der Waals surface area contributed by atoms with Crippen LogP contribution in [0.15, 0.2) is 39.9 Å². The second kappa shape index (κ2) is 6.78. The van der Waals surface area contributed by atoms with Crippen LogP contribution in [0.1, 0.15) is 68.4 Å². The summed E-state index contributed by atoms with van der Waals surface area (Å²) in [6.07, 6.45) is -1.89. The van der Waals surface area contributed by atoms with Crippen LogP contribution < -0.4 is 5.32 Å². The fourth-order valence-electron chi connectivity index (χ4n) is 5.52. The Morgan fingerprint density at radius 1 is 1.09 bits per heavy atom. The van der Waals surface area contributed by atoms with Crippen molar-refractivity contribution in [2.75, 3.05) is 0 Å². The first-order valence-electron chi connectivity index (χ1n) is 10.9. The number of hydrogen-bond acceptors (Lipinski definition) is 7. The highest BCUT2D eigenvalue weighted by Gasteiger charge is 2.72. The number of oxime groups is 1. The molecule has 2 aromatic rings. The first-order valence-corrected chi connectivity index (χ1v) is 10.9. The lowest BCUT2D eigenvalue weighted by Crippen LogP contribution is -2.77. The number of alkyl halides is 3. The maximum Gasteiger partial charge on any atom is 0.523 e. The third-order valence-corrected chi connectivity index (χ3v) is 7.25. The fourth-order valence-corrected chi connectivity index (χ4v) is 5.52. The van der Waals surface area contributed by atoms with Crippen molar-refractivity contribution < 1.29 is 32.0 Å². The van der Waals surface area contributed by atoms with Gasteiger partial charge in [0.25, 0.3) is 5.91 Å². The summed E-state index contributed by atoms with van der Waals surface area (Å²) < 4.78 is 48.5. The number of carbonyl (C=O) groups excluding carboxylic acids is 1. The molecule has 1 amide bonds. The summed E-state index contributed by atoms with van der Waals surface area (Å²) in [5, 5.41) is 14.9. The molecule has 2 heterocycles. The van der Waals surface area contributed by atoms with E-state index in [9.17, 15) is 18.0 Å². The average molecular weight is 462 g/mol. The Labute approximate surface area is 186 Å². The minimum Gasteiger partial charge on any atom is -0.421 e. The van der Waals surface area contributed by atoms with Gasteiger partial charge in [0.05, 0.1) is 5.41 Å². The minimum absolute atomic E-state index is 0.117. The van der Waals surface area contributed by atoms with Gasteiger partial charge in [0.15, 0.2) is 11.7 Å². The van der Waals surface area contributed by atoms with Gasteiger partial charge in [0, 0.05) is 12.0 Å². The molecule has 8 nitrogen and oxygen atoms in total. The molecule has 0 radical (unpaired) electrons. The quantitative estimate of drug-likeness (QED) is 0.701. The number of rotatable bonds is 6. The van der Waals surface area contributed by atoms with E-state index in [2.05, 4.69) is 25.4 Å². The average Bonchev–Trinajstić information content (AvgIpc) is 3.36. The van der Waals surface area contributed by atoms with Gasteiger partial charge >= 0.3 is 6.36 Å². The molecule has 33 heavy (non-hydrogen) atoms. The van der Waals surface area contributed by atoms with E-state index in [0.29, 0.717) is 43.7 Å². The van der Waals surface area contributed by atoms with Gasteiger partial charge in [-0.1, -0.05) is 35.5 Å². The molecule has 1 aromatic heterocycles. The second-order valence-corrected chi connectivity index (χ2v) is 9.60. The van der Waals surface area contributed by atoms with Crippen LogP contribution in [0.25, 0.3) is 0 Å². The van der Waals surface area contributed by atoms with E-state index < -0.39 is 17.4 Å². The monoisotopic (exact) mass is 462 g/mol. The number of amides is 1. The Bertz CT molecular complexity index is 1110. The second-order valence-electron chi connectivity index (χ2n) is 9.60. The number of halogens is 3. The van der Waals surface area contributed by atoms with Crippen molar-refractivity contribution in [2.45, 2.75) is 74.0 Å². The van der Waals surface area contributed by atoms with Gasteiger partial charge in [-0.05, 0) is 44.1 Å². The summed E-state index contributed by atoms with van der Waals surface area (Å²) in [5.41, 5.74) is -1.05. The van der Waals surface area contributed by atoms with Crippen molar-refractivity contribution in [3.63, 3.8) is 0 Å². The van der Waals surface area contributed by atoms with Gasteiger partial charge in [0.1, 0.15) is 5.71 Å². The normalized spacial score (nSPS) is 31.5. The molecule has 5 aliphatic rings. The lowest BCUT2D eigenvalue weighted by molar-refractivity contribution is -0.387. The molecule has 4 saturated carbocycles. The van der Waals surface area contributed by atoms with E-state index in [1.807, 2.05) is 30.3 Å². The van der Waals surface area contributed by atoms with Crippen molar-refractivity contribution in [3.05, 3.63) is 47.7 Å². The molecule has 1 aromatic carbocycles. The summed E-state index contributed by atoms with van der Waals surface area (Å²) in [4.78, 5) is 18.1. The van der Waals surface area contributed by atoms with Crippen molar-refractivity contribution >= 4 is 11.6 Å². The molecule has 2 bridgehead atoms. The predicted octanol–water partition coefficient (Wildman–Crippen LogP) is 3.79. The van der Waals surface area contributed by atoms with Crippen molar-refractivity contribution in [2.24, 2.45) is 5.16 Å². The minimum atomic E-state index is -4.77. The molecule has 7 rings (SSSR count). The molecule has 0 unspecified atom stereocenters. The fraction of sp³-hybridized carbons (Fsp3) is 0.545. The standard InChI is InChI=1S/C22H21F3N4O4/c23-22(24,25)33-21(7-4-8-21)18-28-27-17(31-18)19-10-20(11-19,12-19)26-16(30)14-9-15(32-29-14)13-5-2-1-3-6-13/h1-3,5-6,15H,4,7-12H2,(H,26,30)/t15-,19?,20?/m0/s1. The molecule has 11 heteroatoms.